The zero-order valence-corrected chi connectivity index (χ0v) is 32.9. The van der Waals surface area contributed by atoms with E-state index in [1.165, 1.54) is 25.7 Å². The molecule has 2 heterocycles. The fourth-order valence-corrected chi connectivity index (χ4v) is 8.46. The van der Waals surface area contributed by atoms with Gasteiger partial charge in [0.05, 0.1) is 24.2 Å². The third kappa shape index (κ3) is 11.0. The molecule has 2 unspecified atom stereocenters. The van der Waals surface area contributed by atoms with Crippen LogP contribution in [-0.4, -0.2) is 64.0 Å². The van der Waals surface area contributed by atoms with E-state index in [0.29, 0.717) is 36.3 Å². The largest absolute Gasteiger partial charge is 0.497 e. The van der Waals surface area contributed by atoms with Crippen molar-refractivity contribution < 1.29 is 23.9 Å². The third-order valence-electron chi connectivity index (χ3n) is 11.7. The molecule has 2 fully saturated rings. The first-order valence-electron chi connectivity index (χ1n) is 20.4. The number of aromatic amines is 1. The zero-order valence-electron chi connectivity index (χ0n) is 32.9. The summed E-state index contributed by atoms with van der Waals surface area (Å²) >= 11 is 0. The number of nitrogens with zero attached hydrogens (tertiary/aromatic N) is 2. The van der Waals surface area contributed by atoms with Gasteiger partial charge in [0.15, 0.2) is 5.78 Å². The van der Waals surface area contributed by atoms with E-state index in [1.54, 1.807) is 18.1 Å². The number of hydrogen-bond donors (Lipinski definition) is 2. The second kappa shape index (κ2) is 20.1. The van der Waals surface area contributed by atoms with Crippen LogP contribution in [0.3, 0.4) is 0 Å². The van der Waals surface area contributed by atoms with Crippen molar-refractivity contribution in [2.24, 2.45) is 17.8 Å². The van der Waals surface area contributed by atoms with Crippen molar-refractivity contribution in [1.29, 1.82) is 0 Å². The Balaban J connectivity index is 1.32. The SMILES string of the molecule is CCCCCCCCCC(NC(=O)OC1(C)CCC[C@H]1CCCCCc1nc2ccc(OC)cc2[nH]c1=O)C(=O)N1CC[C@@H](CC)[C@H]1C(=O)C(C)C. The minimum atomic E-state index is -0.710. The predicted octanol–water partition coefficient (Wildman–Crippen LogP) is 8.68. The van der Waals surface area contributed by atoms with E-state index in [4.69, 9.17) is 9.47 Å². The van der Waals surface area contributed by atoms with Gasteiger partial charge in [0.1, 0.15) is 23.1 Å². The first-order valence-corrected chi connectivity index (χ1v) is 20.4. The first kappa shape index (κ1) is 41.3. The number of carbonyl (C=O) groups is 3. The first-order chi connectivity index (χ1) is 25.0. The lowest BCUT2D eigenvalue weighted by molar-refractivity contribution is -0.141. The summed E-state index contributed by atoms with van der Waals surface area (Å²) in [6.45, 7) is 10.7. The number of rotatable bonds is 21. The number of ketones is 1. The number of ether oxygens (including phenoxy) is 2. The number of likely N-dealkylation sites (tertiary alicyclic amines) is 1. The van der Waals surface area contributed by atoms with Crippen molar-refractivity contribution >= 4 is 28.8 Å². The Bertz CT molecular complexity index is 1520. The van der Waals surface area contributed by atoms with Crippen molar-refractivity contribution in [2.45, 2.75) is 168 Å². The molecule has 10 nitrogen and oxygen atoms in total. The Morgan fingerprint density at radius 2 is 1.75 bits per heavy atom. The van der Waals surface area contributed by atoms with Crippen LogP contribution in [0.25, 0.3) is 11.0 Å². The monoisotopic (exact) mass is 722 g/mol. The molecule has 1 aliphatic heterocycles. The Kier molecular flexibility index (Phi) is 16.0. The molecule has 1 aromatic carbocycles. The average molecular weight is 723 g/mol. The number of Topliss-reactive ketones (excluding diaryl/α,β-unsaturated/α-hetero) is 1. The lowest BCUT2D eigenvalue weighted by atomic mass is 9.87. The maximum Gasteiger partial charge on any atom is 0.408 e. The average Bonchev–Trinajstić information content (AvgIpc) is 3.72. The molecule has 1 saturated heterocycles. The van der Waals surface area contributed by atoms with E-state index < -0.39 is 23.8 Å². The van der Waals surface area contributed by atoms with Gasteiger partial charge < -0.3 is 24.7 Å². The number of nitrogens with one attached hydrogen (secondary N) is 2. The third-order valence-corrected chi connectivity index (χ3v) is 11.7. The van der Waals surface area contributed by atoms with Gasteiger partial charge in [0, 0.05) is 18.5 Å². The van der Waals surface area contributed by atoms with E-state index in [-0.39, 0.29) is 35.0 Å². The molecular formula is C42H66N4O6. The zero-order chi connectivity index (χ0) is 37.7. The number of aromatic nitrogens is 2. The lowest BCUT2D eigenvalue weighted by Gasteiger charge is -2.34. The number of hydrogen-bond acceptors (Lipinski definition) is 7. The molecule has 0 bridgehead atoms. The van der Waals surface area contributed by atoms with Gasteiger partial charge in [-0.25, -0.2) is 9.78 Å². The van der Waals surface area contributed by atoms with Crippen LogP contribution >= 0.6 is 0 Å². The van der Waals surface area contributed by atoms with E-state index >= 15 is 0 Å². The van der Waals surface area contributed by atoms with Crippen LogP contribution < -0.4 is 15.6 Å². The molecular weight excluding hydrogens is 656 g/mol. The van der Waals surface area contributed by atoms with Gasteiger partial charge in [-0.05, 0) is 82.3 Å². The standard InChI is InChI=1S/C42H66N4O6/c1-7-9-10-11-12-13-16-22-35(40(49)46-27-25-30(8-2)37(46)38(47)29(3)4)45-41(50)52-42(5)26-18-20-31(42)19-15-14-17-21-34-39(48)44-36-28-32(51-6)23-24-33(36)43-34/h23-24,28-31,35,37H,7-22,25-27H2,1-6H3,(H,44,48)(H,45,50)/t30-,31-,35?,37+,42?/m1/s1. The molecule has 2 aromatic rings. The van der Waals surface area contributed by atoms with Gasteiger partial charge in [0.2, 0.25) is 5.91 Å². The summed E-state index contributed by atoms with van der Waals surface area (Å²) in [7, 11) is 1.59. The highest BCUT2D eigenvalue weighted by Crippen LogP contribution is 2.41. The number of amides is 2. The minimum Gasteiger partial charge on any atom is -0.497 e. The predicted molar refractivity (Wildman–Crippen MR) is 207 cm³/mol. The highest BCUT2D eigenvalue weighted by molar-refractivity contribution is 5.93. The molecule has 2 N–H and O–H groups in total. The van der Waals surface area contributed by atoms with E-state index in [0.717, 1.165) is 82.6 Å². The van der Waals surface area contributed by atoms with Gasteiger partial charge in [-0.1, -0.05) is 91.9 Å². The second-order valence-corrected chi connectivity index (χ2v) is 15.9. The quantitative estimate of drug-likeness (QED) is 0.123. The van der Waals surface area contributed by atoms with Crippen LogP contribution in [0.5, 0.6) is 5.75 Å². The molecule has 2 aliphatic rings. The second-order valence-electron chi connectivity index (χ2n) is 15.9. The molecule has 10 heteroatoms. The lowest BCUT2D eigenvalue weighted by Crippen LogP contribution is -2.54. The van der Waals surface area contributed by atoms with Crippen molar-refractivity contribution in [3.8, 4) is 5.75 Å². The summed E-state index contributed by atoms with van der Waals surface area (Å²) in [6, 6.07) is 4.34. The minimum absolute atomic E-state index is 0.109. The van der Waals surface area contributed by atoms with Crippen LogP contribution in [0.2, 0.25) is 0 Å². The summed E-state index contributed by atoms with van der Waals surface area (Å²) in [5.41, 5.74) is 1.19. The Morgan fingerprint density at radius 1 is 1.02 bits per heavy atom. The summed E-state index contributed by atoms with van der Waals surface area (Å²) in [6.07, 6.45) is 16.5. The number of benzene rings is 1. The molecule has 0 spiro atoms. The number of unbranched alkanes of at least 4 members (excludes halogenated alkanes) is 8. The Hall–Kier alpha value is -3.43. The number of methoxy groups -OCH3 is 1. The van der Waals surface area contributed by atoms with Crippen molar-refractivity contribution in [3.05, 3.63) is 34.2 Å². The number of carbonyl (C=O) groups excluding carboxylic acids is 3. The fourth-order valence-electron chi connectivity index (χ4n) is 8.46. The van der Waals surface area contributed by atoms with Crippen molar-refractivity contribution in [3.63, 3.8) is 0 Å². The summed E-state index contributed by atoms with van der Waals surface area (Å²) < 4.78 is 11.5. The van der Waals surface area contributed by atoms with Crippen LogP contribution in [0.15, 0.2) is 23.0 Å². The smallest absolute Gasteiger partial charge is 0.408 e. The normalized spacial score (nSPS) is 22.2. The van der Waals surface area contributed by atoms with Crippen LogP contribution in [0.1, 0.15) is 149 Å². The summed E-state index contributed by atoms with van der Waals surface area (Å²) in [5.74, 6) is 0.856. The highest BCUT2D eigenvalue weighted by Gasteiger charge is 2.45. The maximum atomic E-state index is 14.2. The molecule has 1 aromatic heterocycles. The molecule has 290 valence electrons. The van der Waals surface area contributed by atoms with Gasteiger partial charge in [-0.3, -0.25) is 14.4 Å². The molecule has 1 saturated carbocycles. The Morgan fingerprint density at radius 3 is 2.46 bits per heavy atom. The number of fused-ring (bicyclic) bond motifs is 1. The van der Waals surface area contributed by atoms with Gasteiger partial charge in [0.25, 0.3) is 5.56 Å². The summed E-state index contributed by atoms with van der Waals surface area (Å²) in [4.78, 5) is 63.0. The molecule has 0 radical (unpaired) electrons. The van der Waals surface area contributed by atoms with Gasteiger partial charge in [-0.15, -0.1) is 0 Å². The topological polar surface area (TPSA) is 131 Å². The maximum absolute atomic E-state index is 14.2. The highest BCUT2D eigenvalue weighted by atomic mass is 16.6. The number of H-pyrrole nitrogens is 1. The van der Waals surface area contributed by atoms with Gasteiger partial charge >= 0.3 is 6.09 Å². The number of alkyl carbamates (subject to hydrolysis) is 1. The van der Waals surface area contributed by atoms with Crippen LogP contribution in [-0.2, 0) is 20.7 Å². The molecule has 4 rings (SSSR count). The summed E-state index contributed by atoms with van der Waals surface area (Å²) in [5, 5.41) is 3.01. The number of aryl methyl sites for hydroxylation is 1. The van der Waals surface area contributed by atoms with E-state index in [2.05, 4.69) is 29.1 Å². The molecule has 2 amide bonds. The van der Waals surface area contributed by atoms with E-state index in [1.807, 2.05) is 32.9 Å². The van der Waals surface area contributed by atoms with Crippen molar-refractivity contribution in [1.82, 2.24) is 20.2 Å². The van der Waals surface area contributed by atoms with Crippen LogP contribution in [0.4, 0.5) is 4.79 Å². The van der Waals surface area contributed by atoms with E-state index in [9.17, 15) is 19.2 Å². The Labute approximate surface area is 311 Å². The van der Waals surface area contributed by atoms with Crippen molar-refractivity contribution in [2.75, 3.05) is 13.7 Å². The molecule has 52 heavy (non-hydrogen) atoms. The molecule has 5 atom stereocenters. The van der Waals surface area contributed by atoms with Gasteiger partial charge in [-0.2, -0.15) is 0 Å². The fraction of sp³-hybridized carbons (Fsp3) is 0.738. The molecule has 1 aliphatic carbocycles. The van der Waals surface area contributed by atoms with Crippen LogP contribution in [0, 0.1) is 17.8 Å².